The number of pyridine rings is 1. The number of carbonyl (C=O) groups is 1. The van der Waals surface area contributed by atoms with Gasteiger partial charge in [-0.1, -0.05) is 17.7 Å². The summed E-state index contributed by atoms with van der Waals surface area (Å²) in [5.74, 6) is -0.748. The van der Waals surface area contributed by atoms with Crippen LogP contribution in [0.2, 0.25) is 0 Å². The first-order chi connectivity index (χ1) is 16.9. The van der Waals surface area contributed by atoms with Crippen LogP contribution in [0.3, 0.4) is 0 Å². The molecule has 0 radical (unpaired) electrons. The molecule has 0 unspecified atom stereocenters. The zero-order valence-corrected chi connectivity index (χ0v) is 20.2. The maximum Gasteiger partial charge on any atom is 0.573 e. The Morgan fingerprint density at radius 3 is 2.28 bits per heavy atom. The largest absolute Gasteiger partial charge is 0.573 e. The monoisotopic (exact) mass is 498 g/mol. The van der Waals surface area contributed by atoms with Crippen LogP contribution in [0.15, 0.2) is 53.3 Å². The van der Waals surface area contributed by atoms with Crippen molar-refractivity contribution >= 4 is 22.6 Å². The molecule has 1 N–H and O–H groups in total. The average molecular weight is 499 g/mol. The molecule has 1 amide bonds. The number of benzene rings is 2. The summed E-state index contributed by atoms with van der Waals surface area (Å²) in [5, 5.41) is 8.16. The fourth-order valence-electron chi connectivity index (χ4n) is 4.24. The van der Waals surface area contributed by atoms with E-state index >= 15 is 0 Å². The smallest absolute Gasteiger partial charge is 0.406 e. The summed E-state index contributed by atoms with van der Waals surface area (Å²) < 4.78 is 44.1. The number of ether oxygens (including phenoxy) is 1. The number of alkyl halides is 3. The van der Waals surface area contributed by atoms with Gasteiger partial charge in [-0.2, -0.15) is 5.10 Å². The van der Waals surface area contributed by atoms with Gasteiger partial charge in [0.05, 0.1) is 11.4 Å². The summed E-state index contributed by atoms with van der Waals surface area (Å²) in [6, 6.07) is 12.7. The summed E-state index contributed by atoms with van der Waals surface area (Å²) in [6.07, 6.45) is -4.57. The molecule has 0 saturated carbocycles. The predicted octanol–water partition coefficient (Wildman–Crippen LogP) is 5.12. The van der Waals surface area contributed by atoms with E-state index in [1.165, 1.54) is 12.1 Å². The van der Waals surface area contributed by atoms with E-state index in [0.29, 0.717) is 16.9 Å². The predicted molar refractivity (Wildman–Crippen MR) is 131 cm³/mol. The Morgan fingerprint density at radius 1 is 1.03 bits per heavy atom. The van der Waals surface area contributed by atoms with Crippen molar-refractivity contribution in [3.63, 3.8) is 0 Å². The van der Waals surface area contributed by atoms with Crippen molar-refractivity contribution in [1.29, 1.82) is 0 Å². The SMILES string of the molecule is Cc1ccc(-n2nc(C)c3c(C)c(CCC(=O)Nc4ccc(OC(F)(F)F)cc4)c(=O)n(C)c32)cc1. The molecule has 0 saturated heterocycles. The molecule has 0 bridgehead atoms. The van der Waals surface area contributed by atoms with Crippen molar-refractivity contribution < 1.29 is 22.7 Å². The molecule has 0 spiro atoms. The van der Waals surface area contributed by atoms with E-state index < -0.39 is 6.36 Å². The van der Waals surface area contributed by atoms with Crippen LogP contribution >= 0.6 is 0 Å². The number of nitrogens with one attached hydrogen (secondary N) is 1. The van der Waals surface area contributed by atoms with Gasteiger partial charge in [0, 0.05) is 30.1 Å². The van der Waals surface area contributed by atoms with Gasteiger partial charge in [-0.05, 0) is 69.2 Å². The Hall–Kier alpha value is -4.08. The number of nitrogens with zero attached hydrogens (tertiary/aromatic N) is 3. The number of carbonyl (C=O) groups excluding carboxylic acids is 1. The van der Waals surface area contributed by atoms with Crippen LogP contribution < -0.4 is 15.6 Å². The Bertz CT molecular complexity index is 1490. The molecule has 0 aliphatic rings. The molecular weight excluding hydrogens is 473 g/mol. The first kappa shape index (κ1) is 25.0. The van der Waals surface area contributed by atoms with Gasteiger partial charge in [-0.15, -0.1) is 13.2 Å². The molecule has 10 heteroatoms. The second kappa shape index (κ2) is 9.52. The van der Waals surface area contributed by atoms with Crippen LogP contribution in [0.1, 0.15) is 28.8 Å². The third kappa shape index (κ3) is 5.12. The lowest BCUT2D eigenvalue weighted by atomic mass is 10.0. The van der Waals surface area contributed by atoms with E-state index in [1.807, 2.05) is 45.0 Å². The number of fused-ring (bicyclic) bond motifs is 1. The van der Waals surface area contributed by atoms with Crippen molar-refractivity contribution in [1.82, 2.24) is 14.3 Å². The first-order valence-electron chi connectivity index (χ1n) is 11.2. The topological polar surface area (TPSA) is 78.2 Å². The van der Waals surface area contributed by atoms with E-state index in [4.69, 9.17) is 0 Å². The number of halogens is 3. The third-order valence-electron chi connectivity index (χ3n) is 6.00. The highest BCUT2D eigenvalue weighted by atomic mass is 19.4. The van der Waals surface area contributed by atoms with Crippen LogP contribution in [-0.2, 0) is 18.3 Å². The fourth-order valence-corrected chi connectivity index (χ4v) is 4.24. The summed E-state index contributed by atoms with van der Waals surface area (Å²) in [5.41, 5.74) is 4.79. The first-order valence-corrected chi connectivity index (χ1v) is 11.2. The second-order valence-corrected chi connectivity index (χ2v) is 8.62. The zero-order chi connectivity index (χ0) is 26.2. The van der Waals surface area contributed by atoms with E-state index in [2.05, 4.69) is 15.2 Å². The number of rotatable bonds is 6. The summed E-state index contributed by atoms with van der Waals surface area (Å²) in [7, 11) is 1.68. The molecule has 4 rings (SSSR count). The van der Waals surface area contributed by atoms with Gasteiger partial charge in [-0.25, -0.2) is 4.68 Å². The standard InChI is InChI=1S/C26H25F3N4O3/c1-15-5-9-19(10-6-15)33-24-23(17(3)31-33)16(2)21(25(35)32(24)4)13-14-22(34)30-18-7-11-20(12-8-18)36-26(27,28)29/h5-12H,13-14H2,1-4H3,(H,30,34). The Morgan fingerprint density at radius 2 is 1.67 bits per heavy atom. The Balaban J connectivity index is 1.55. The molecule has 2 aromatic heterocycles. The number of anilines is 1. The highest BCUT2D eigenvalue weighted by Gasteiger charge is 2.31. The number of hydrogen-bond acceptors (Lipinski definition) is 4. The lowest BCUT2D eigenvalue weighted by Gasteiger charge is -2.13. The summed E-state index contributed by atoms with van der Waals surface area (Å²) in [4.78, 5) is 25.8. The zero-order valence-electron chi connectivity index (χ0n) is 20.2. The number of aromatic nitrogens is 3. The van der Waals surface area contributed by atoms with E-state index in [9.17, 15) is 22.8 Å². The highest BCUT2D eigenvalue weighted by Crippen LogP contribution is 2.27. The summed E-state index contributed by atoms with van der Waals surface area (Å²) in [6.45, 7) is 5.73. The minimum atomic E-state index is -4.79. The maximum absolute atomic E-state index is 13.3. The molecule has 0 fully saturated rings. The van der Waals surface area contributed by atoms with Gasteiger partial charge in [-0.3, -0.25) is 14.2 Å². The molecule has 188 valence electrons. The van der Waals surface area contributed by atoms with Crippen molar-refractivity contribution in [2.75, 3.05) is 5.32 Å². The number of hydrogen-bond donors (Lipinski definition) is 1. The van der Waals surface area contributed by atoms with Gasteiger partial charge in [0.2, 0.25) is 5.91 Å². The van der Waals surface area contributed by atoms with Gasteiger partial charge in [0.1, 0.15) is 11.4 Å². The molecule has 36 heavy (non-hydrogen) atoms. The fraction of sp³-hybridized carbons (Fsp3) is 0.269. The van der Waals surface area contributed by atoms with Crippen LogP contribution in [0.4, 0.5) is 18.9 Å². The number of amides is 1. The third-order valence-corrected chi connectivity index (χ3v) is 6.00. The van der Waals surface area contributed by atoms with Crippen LogP contribution in [0.25, 0.3) is 16.7 Å². The van der Waals surface area contributed by atoms with E-state index in [0.717, 1.165) is 40.0 Å². The average Bonchev–Trinajstić information content (AvgIpc) is 3.15. The Kier molecular flexibility index (Phi) is 6.62. The van der Waals surface area contributed by atoms with Gasteiger partial charge >= 0.3 is 6.36 Å². The minimum absolute atomic E-state index is 0.0214. The van der Waals surface area contributed by atoms with Crippen molar-refractivity contribution in [3.8, 4) is 11.4 Å². The lowest BCUT2D eigenvalue weighted by molar-refractivity contribution is -0.274. The number of aryl methyl sites for hydroxylation is 4. The van der Waals surface area contributed by atoms with E-state index in [-0.39, 0.29) is 30.1 Å². The highest BCUT2D eigenvalue weighted by molar-refractivity contribution is 5.91. The minimum Gasteiger partial charge on any atom is -0.406 e. The normalized spacial score (nSPS) is 11.6. The van der Waals surface area contributed by atoms with Gasteiger partial charge < -0.3 is 10.1 Å². The molecular formula is C26H25F3N4O3. The molecule has 0 aliphatic carbocycles. The molecule has 0 atom stereocenters. The maximum atomic E-state index is 13.3. The second-order valence-electron chi connectivity index (χ2n) is 8.62. The Labute approximate surface area is 205 Å². The molecule has 7 nitrogen and oxygen atoms in total. The summed E-state index contributed by atoms with van der Waals surface area (Å²) >= 11 is 0. The van der Waals surface area contributed by atoms with Crippen LogP contribution in [-0.4, -0.2) is 26.6 Å². The van der Waals surface area contributed by atoms with E-state index in [1.54, 1.807) is 16.3 Å². The van der Waals surface area contributed by atoms with Crippen molar-refractivity contribution in [2.24, 2.45) is 7.05 Å². The quantitative estimate of drug-likeness (QED) is 0.400. The van der Waals surface area contributed by atoms with Crippen LogP contribution in [0, 0.1) is 20.8 Å². The van der Waals surface area contributed by atoms with Gasteiger partial charge in [0.25, 0.3) is 5.56 Å². The molecule has 2 heterocycles. The molecule has 2 aromatic carbocycles. The van der Waals surface area contributed by atoms with Crippen molar-refractivity contribution in [2.45, 2.75) is 40.0 Å². The lowest BCUT2D eigenvalue weighted by Crippen LogP contribution is -2.25. The van der Waals surface area contributed by atoms with Crippen molar-refractivity contribution in [3.05, 3.63) is 81.3 Å². The van der Waals surface area contributed by atoms with Crippen LogP contribution in [0.5, 0.6) is 5.75 Å². The molecule has 0 aliphatic heterocycles. The van der Waals surface area contributed by atoms with Gasteiger partial charge in [0.15, 0.2) is 0 Å². The molecule has 4 aromatic rings.